The number of ether oxygens (including phenoxy) is 1. The molecule has 3 N–H and O–H groups in total. The first-order valence-electron chi connectivity index (χ1n) is 7.38. The number of benzene rings is 2. The van der Waals surface area contributed by atoms with Gasteiger partial charge < -0.3 is 20.3 Å². The minimum atomic E-state index is -1.29. The Kier molecular flexibility index (Phi) is 5.38. The van der Waals surface area contributed by atoms with E-state index in [0.717, 1.165) is 17.2 Å². The molecule has 2 aromatic rings. The molecule has 2 rings (SSSR count). The Balaban J connectivity index is 2.11. The van der Waals surface area contributed by atoms with Gasteiger partial charge in [0.2, 0.25) is 0 Å². The van der Waals surface area contributed by atoms with Crippen molar-refractivity contribution in [3.8, 4) is 5.75 Å². The third-order valence-corrected chi connectivity index (χ3v) is 3.62. The van der Waals surface area contributed by atoms with E-state index in [4.69, 9.17) is 14.9 Å². The molecule has 0 spiro atoms. The quantitative estimate of drug-likeness (QED) is 0.743. The fourth-order valence-electron chi connectivity index (χ4n) is 2.17. The predicted octanol–water partition coefficient (Wildman–Crippen LogP) is 2.72. The lowest BCUT2D eigenvalue weighted by molar-refractivity contribution is -0.118. The predicted molar refractivity (Wildman–Crippen MR) is 90.4 cm³/mol. The molecular weight excluding hydrogens is 326 g/mol. The highest BCUT2D eigenvalue weighted by Gasteiger charge is 2.13. The number of hydrogen-bond acceptors (Lipinski definition) is 4. The van der Waals surface area contributed by atoms with Crippen molar-refractivity contribution >= 4 is 23.5 Å². The van der Waals surface area contributed by atoms with E-state index in [1.807, 2.05) is 26.0 Å². The van der Waals surface area contributed by atoms with E-state index in [0.29, 0.717) is 5.75 Å². The van der Waals surface area contributed by atoms with Gasteiger partial charge in [-0.1, -0.05) is 12.1 Å². The van der Waals surface area contributed by atoms with Gasteiger partial charge in [0.25, 0.3) is 5.91 Å². The summed E-state index contributed by atoms with van der Waals surface area (Å²) in [6, 6.07) is 8.86. The summed E-state index contributed by atoms with van der Waals surface area (Å²) in [5, 5.41) is 20.5. The van der Waals surface area contributed by atoms with Crippen LogP contribution < -0.4 is 10.1 Å². The number of rotatable bonds is 6. The molecule has 0 aliphatic carbocycles. The normalized spacial score (nSPS) is 10.2. The number of carbonyl (C=O) groups is 3. The van der Waals surface area contributed by atoms with Gasteiger partial charge in [0, 0.05) is 5.69 Å². The summed E-state index contributed by atoms with van der Waals surface area (Å²) in [4.78, 5) is 34.1. The summed E-state index contributed by atoms with van der Waals surface area (Å²) in [5.41, 5.74) is 1.55. The Morgan fingerprint density at radius 3 is 2.16 bits per heavy atom. The molecule has 2 aromatic carbocycles. The van der Waals surface area contributed by atoms with Gasteiger partial charge in [-0.2, -0.15) is 0 Å². The number of anilines is 1. The molecule has 7 heteroatoms. The number of carboxylic acid groups (broad SMARTS) is 2. The topological polar surface area (TPSA) is 113 Å². The number of carbonyl (C=O) groups excluding carboxylic acids is 1. The van der Waals surface area contributed by atoms with Crippen molar-refractivity contribution < 1.29 is 29.3 Å². The molecule has 0 atom stereocenters. The van der Waals surface area contributed by atoms with Gasteiger partial charge in [0.1, 0.15) is 5.75 Å². The van der Waals surface area contributed by atoms with Gasteiger partial charge in [0.05, 0.1) is 11.1 Å². The Bertz CT molecular complexity index is 811. The highest BCUT2D eigenvalue weighted by molar-refractivity contribution is 5.98. The molecule has 0 saturated heterocycles. The van der Waals surface area contributed by atoms with Crippen molar-refractivity contribution in [1.82, 2.24) is 0 Å². The van der Waals surface area contributed by atoms with Gasteiger partial charge in [-0.25, -0.2) is 9.59 Å². The Hall–Kier alpha value is -3.35. The molecule has 25 heavy (non-hydrogen) atoms. The number of aryl methyl sites for hydroxylation is 1. The van der Waals surface area contributed by atoms with Crippen LogP contribution in [0.25, 0.3) is 0 Å². The van der Waals surface area contributed by atoms with E-state index in [1.54, 1.807) is 6.07 Å². The molecule has 7 nitrogen and oxygen atoms in total. The number of nitrogens with one attached hydrogen (secondary N) is 1. The molecule has 0 unspecified atom stereocenters. The first-order chi connectivity index (χ1) is 11.8. The van der Waals surface area contributed by atoms with Crippen molar-refractivity contribution in [2.45, 2.75) is 13.8 Å². The molecular formula is C18H17NO6. The van der Waals surface area contributed by atoms with Gasteiger partial charge in [-0.05, 0) is 49.2 Å². The Morgan fingerprint density at radius 2 is 1.60 bits per heavy atom. The van der Waals surface area contributed by atoms with Crippen molar-refractivity contribution in [1.29, 1.82) is 0 Å². The van der Waals surface area contributed by atoms with E-state index >= 15 is 0 Å². The molecule has 1 amide bonds. The van der Waals surface area contributed by atoms with Crippen molar-refractivity contribution in [3.63, 3.8) is 0 Å². The Labute approximate surface area is 143 Å². The first-order valence-corrected chi connectivity index (χ1v) is 7.38. The van der Waals surface area contributed by atoms with Crippen LogP contribution in [0, 0.1) is 13.8 Å². The smallest absolute Gasteiger partial charge is 0.335 e. The lowest BCUT2D eigenvalue weighted by atomic mass is 10.1. The average Bonchev–Trinajstić information content (AvgIpc) is 2.55. The van der Waals surface area contributed by atoms with E-state index in [-0.39, 0.29) is 23.4 Å². The summed E-state index contributed by atoms with van der Waals surface area (Å²) < 4.78 is 5.46. The van der Waals surface area contributed by atoms with Crippen LogP contribution in [0.15, 0.2) is 36.4 Å². The third kappa shape index (κ3) is 4.57. The summed E-state index contributed by atoms with van der Waals surface area (Å²) in [6.45, 7) is 3.51. The lowest BCUT2D eigenvalue weighted by Gasteiger charge is -2.11. The highest BCUT2D eigenvalue weighted by atomic mass is 16.5. The second kappa shape index (κ2) is 7.48. The van der Waals surface area contributed by atoms with Crippen LogP contribution in [0.3, 0.4) is 0 Å². The molecule has 0 bridgehead atoms. The molecule has 130 valence electrons. The molecule has 0 aliphatic rings. The van der Waals surface area contributed by atoms with Gasteiger partial charge in [0.15, 0.2) is 6.61 Å². The zero-order chi connectivity index (χ0) is 18.6. The van der Waals surface area contributed by atoms with Crippen molar-refractivity contribution in [2.24, 2.45) is 0 Å². The number of carboxylic acids is 2. The van der Waals surface area contributed by atoms with Gasteiger partial charge in [-0.15, -0.1) is 0 Å². The zero-order valence-electron chi connectivity index (χ0n) is 13.7. The molecule has 0 fully saturated rings. The number of aromatic carboxylic acids is 2. The van der Waals surface area contributed by atoms with Gasteiger partial charge in [-0.3, -0.25) is 4.79 Å². The average molecular weight is 343 g/mol. The van der Waals surface area contributed by atoms with Crippen molar-refractivity contribution in [3.05, 3.63) is 58.7 Å². The fraction of sp³-hybridized carbons (Fsp3) is 0.167. The SMILES string of the molecule is Cc1cccc(OCC(=O)Nc2cc(C(=O)O)cc(C(=O)O)c2)c1C. The van der Waals surface area contributed by atoms with Crippen LogP contribution >= 0.6 is 0 Å². The maximum Gasteiger partial charge on any atom is 0.335 e. The Morgan fingerprint density at radius 1 is 1.00 bits per heavy atom. The molecule has 0 heterocycles. The lowest BCUT2D eigenvalue weighted by Crippen LogP contribution is -2.21. The fourth-order valence-corrected chi connectivity index (χ4v) is 2.17. The van der Waals surface area contributed by atoms with E-state index in [9.17, 15) is 14.4 Å². The maximum atomic E-state index is 12.0. The monoisotopic (exact) mass is 343 g/mol. The summed E-state index contributed by atoms with van der Waals surface area (Å²) >= 11 is 0. The van der Waals surface area contributed by atoms with Crippen LogP contribution in [-0.4, -0.2) is 34.7 Å². The van der Waals surface area contributed by atoms with Crippen LogP contribution in [-0.2, 0) is 4.79 Å². The van der Waals surface area contributed by atoms with E-state index < -0.39 is 17.8 Å². The maximum absolute atomic E-state index is 12.0. The second-order valence-electron chi connectivity index (χ2n) is 5.44. The van der Waals surface area contributed by atoms with Crippen LogP contribution in [0.5, 0.6) is 5.75 Å². The minimum Gasteiger partial charge on any atom is -0.483 e. The van der Waals surface area contributed by atoms with E-state index in [2.05, 4.69) is 5.32 Å². The third-order valence-electron chi connectivity index (χ3n) is 3.62. The molecule has 0 radical (unpaired) electrons. The summed E-state index contributed by atoms with van der Waals surface area (Å²) in [5.74, 6) is -2.53. The van der Waals surface area contributed by atoms with Gasteiger partial charge >= 0.3 is 11.9 Å². The first kappa shape index (κ1) is 18.0. The molecule has 0 aliphatic heterocycles. The number of hydrogen-bond donors (Lipinski definition) is 3. The van der Waals surface area contributed by atoms with Crippen molar-refractivity contribution in [2.75, 3.05) is 11.9 Å². The summed E-state index contributed by atoms with van der Waals surface area (Å²) in [6.07, 6.45) is 0. The number of amides is 1. The van der Waals surface area contributed by atoms with Crippen LogP contribution in [0.4, 0.5) is 5.69 Å². The van der Waals surface area contributed by atoms with Crippen LogP contribution in [0.2, 0.25) is 0 Å². The second-order valence-corrected chi connectivity index (χ2v) is 5.44. The van der Waals surface area contributed by atoms with Crippen LogP contribution in [0.1, 0.15) is 31.8 Å². The standard InChI is InChI=1S/C18H17NO6/c1-10-4-3-5-15(11(10)2)25-9-16(20)19-14-7-12(17(21)22)6-13(8-14)18(23)24/h3-8H,9H2,1-2H3,(H,19,20)(H,21,22)(H,23,24). The largest absolute Gasteiger partial charge is 0.483 e. The minimum absolute atomic E-state index is 0.0758. The zero-order valence-corrected chi connectivity index (χ0v) is 13.7. The molecule has 0 saturated carbocycles. The summed E-state index contributed by atoms with van der Waals surface area (Å²) in [7, 11) is 0. The molecule has 0 aromatic heterocycles. The highest BCUT2D eigenvalue weighted by Crippen LogP contribution is 2.21. The van der Waals surface area contributed by atoms with E-state index in [1.165, 1.54) is 12.1 Å².